The number of hydrogen-bond acceptors (Lipinski definition) is 6. The summed E-state index contributed by atoms with van der Waals surface area (Å²) >= 11 is 0. The summed E-state index contributed by atoms with van der Waals surface area (Å²) in [7, 11) is 1.96. The zero-order valence-electron chi connectivity index (χ0n) is 16.0. The van der Waals surface area contributed by atoms with Gasteiger partial charge in [0.1, 0.15) is 11.9 Å². The van der Waals surface area contributed by atoms with Crippen molar-refractivity contribution in [1.82, 2.24) is 24.7 Å². The molecule has 1 fully saturated rings. The average molecular weight is 364 g/mol. The molecule has 3 aromatic heterocycles. The molecule has 0 amide bonds. The molecule has 0 saturated carbocycles. The maximum atomic E-state index is 6.03. The van der Waals surface area contributed by atoms with Crippen LogP contribution in [0, 0.1) is 13.8 Å². The van der Waals surface area contributed by atoms with Crippen LogP contribution < -0.4 is 9.64 Å². The minimum atomic E-state index is 0.205. The largest absolute Gasteiger partial charge is 0.489 e. The molecule has 7 heteroatoms. The van der Waals surface area contributed by atoms with Gasteiger partial charge in [-0.05, 0) is 32.0 Å². The fraction of sp³-hybridized carbons (Fsp3) is 0.400. The predicted molar refractivity (Wildman–Crippen MR) is 104 cm³/mol. The number of nitrogens with zero attached hydrogens (tertiary/aromatic N) is 6. The summed E-state index contributed by atoms with van der Waals surface area (Å²) in [4.78, 5) is 15.7. The van der Waals surface area contributed by atoms with Gasteiger partial charge in [-0.1, -0.05) is 0 Å². The van der Waals surface area contributed by atoms with Crippen molar-refractivity contribution in [3.8, 4) is 17.0 Å². The van der Waals surface area contributed by atoms with E-state index in [4.69, 9.17) is 9.72 Å². The van der Waals surface area contributed by atoms with E-state index < -0.39 is 0 Å². The Kier molecular flexibility index (Phi) is 4.75. The van der Waals surface area contributed by atoms with Gasteiger partial charge in [0.25, 0.3) is 0 Å². The van der Waals surface area contributed by atoms with Gasteiger partial charge >= 0.3 is 0 Å². The highest BCUT2D eigenvalue weighted by Gasteiger charge is 2.23. The topological polar surface area (TPSA) is 69.0 Å². The fourth-order valence-corrected chi connectivity index (χ4v) is 3.57. The van der Waals surface area contributed by atoms with E-state index in [1.165, 1.54) is 0 Å². The molecule has 4 heterocycles. The van der Waals surface area contributed by atoms with E-state index in [2.05, 4.69) is 26.9 Å². The molecule has 0 aromatic carbocycles. The van der Waals surface area contributed by atoms with E-state index in [1.54, 1.807) is 12.4 Å². The highest BCUT2D eigenvalue weighted by Crippen LogP contribution is 2.27. The molecule has 0 bridgehead atoms. The van der Waals surface area contributed by atoms with Crippen molar-refractivity contribution < 1.29 is 4.74 Å². The quantitative estimate of drug-likeness (QED) is 0.709. The van der Waals surface area contributed by atoms with E-state index in [0.717, 1.165) is 60.3 Å². The molecular weight excluding hydrogens is 340 g/mol. The molecule has 1 aliphatic heterocycles. The first-order chi connectivity index (χ1) is 13.1. The fourth-order valence-electron chi connectivity index (χ4n) is 3.57. The van der Waals surface area contributed by atoms with Crippen LogP contribution in [0.5, 0.6) is 5.75 Å². The van der Waals surface area contributed by atoms with Crippen molar-refractivity contribution in [2.24, 2.45) is 7.05 Å². The number of aromatic nitrogens is 5. The first-order valence-corrected chi connectivity index (χ1v) is 9.27. The molecule has 1 aliphatic rings. The Labute approximate surface area is 159 Å². The smallest absolute Gasteiger partial charge is 0.225 e. The number of anilines is 1. The first kappa shape index (κ1) is 17.5. The summed E-state index contributed by atoms with van der Waals surface area (Å²) in [5.74, 6) is 1.60. The monoisotopic (exact) mass is 364 g/mol. The zero-order valence-corrected chi connectivity index (χ0v) is 16.0. The lowest BCUT2D eigenvalue weighted by Gasteiger charge is -2.32. The first-order valence-electron chi connectivity index (χ1n) is 9.27. The van der Waals surface area contributed by atoms with Crippen LogP contribution in [0.25, 0.3) is 11.3 Å². The summed E-state index contributed by atoms with van der Waals surface area (Å²) < 4.78 is 7.92. The second-order valence-electron chi connectivity index (χ2n) is 6.90. The van der Waals surface area contributed by atoms with Gasteiger partial charge in [0, 0.05) is 56.6 Å². The van der Waals surface area contributed by atoms with Gasteiger partial charge in [-0.3, -0.25) is 9.67 Å². The summed E-state index contributed by atoms with van der Waals surface area (Å²) in [6, 6.07) is 5.80. The molecule has 0 atom stereocenters. The third kappa shape index (κ3) is 3.63. The van der Waals surface area contributed by atoms with Gasteiger partial charge in [0.2, 0.25) is 5.95 Å². The summed E-state index contributed by atoms with van der Waals surface area (Å²) in [5.41, 5.74) is 4.12. The number of hydrogen-bond donors (Lipinski definition) is 0. The van der Waals surface area contributed by atoms with Crippen molar-refractivity contribution in [3.63, 3.8) is 0 Å². The van der Waals surface area contributed by atoms with Gasteiger partial charge in [-0.15, -0.1) is 0 Å². The second-order valence-corrected chi connectivity index (χ2v) is 6.90. The third-order valence-corrected chi connectivity index (χ3v) is 5.07. The normalized spacial score (nSPS) is 15.1. The van der Waals surface area contributed by atoms with Crippen molar-refractivity contribution in [2.75, 3.05) is 18.0 Å². The molecule has 7 nitrogen and oxygen atoms in total. The Hall–Kier alpha value is -2.96. The maximum absolute atomic E-state index is 6.03. The van der Waals surface area contributed by atoms with Crippen LogP contribution in [-0.2, 0) is 7.05 Å². The average Bonchev–Trinajstić information content (AvgIpc) is 2.95. The van der Waals surface area contributed by atoms with Crippen molar-refractivity contribution in [1.29, 1.82) is 0 Å². The van der Waals surface area contributed by atoms with Gasteiger partial charge in [0.05, 0.1) is 17.6 Å². The Bertz CT molecular complexity index is 915. The zero-order chi connectivity index (χ0) is 18.8. The molecule has 1 saturated heterocycles. The number of rotatable bonds is 4. The molecule has 3 aromatic rings. The SMILES string of the molecule is Cc1nn(C)c(C)c1-c1ccnc(N2CCC(Oc3cccnc3)CC2)n1. The number of pyridine rings is 1. The van der Waals surface area contributed by atoms with Crippen molar-refractivity contribution in [2.45, 2.75) is 32.8 Å². The Morgan fingerprint density at radius 1 is 1.11 bits per heavy atom. The van der Waals surface area contributed by atoms with Crippen LogP contribution in [0.4, 0.5) is 5.95 Å². The molecule has 0 unspecified atom stereocenters. The van der Waals surface area contributed by atoms with Gasteiger partial charge < -0.3 is 9.64 Å². The lowest BCUT2D eigenvalue weighted by Crippen LogP contribution is -2.39. The van der Waals surface area contributed by atoms with E-state index in [0.29, 0.717) is 0 Å². The molecule has 0 spiro atoms. The van der Waals surface area contributed by atoms with Crippen LogP contribution in [0.3, 0.4) is 0 Å². The van der Waals surface area contributed by atoms with Crippen LogP contribution in [0.1, 0.15) is 24.2 Å². The van der Waals surface area contributed by atoms with Gasteiger partial charge in [0.15, 0.2) is 0 Å². The lowest BCUT2D eigenvalue weighted by atomic mass is 10.1. The highest BCUT2D eigenvalue weighted by atomic mass is 16.5. The molecular formula is C20H24N6O. The van der Waals surface area contributed by atoms with E-state index in [1.807, 2.05) is 43.0 Å². The molecule has 140 valence electrons. The molecule has 0 aliphatic carbocycles. The van der Waals surface area contributed by atoms with Gasteiger partial charge in [-0.2, -0.15) is 5.10 Å². The summed E-state index contributed by atoms with van der Waals surface area (Å²) in [6.07, 6.45) is 7.43. The number of aryl methyl sites for hydroxylation is 2. The summed E-state index contributed by atoms with van der Waals surface area (Å²) in [6.45, 7) is 5.84. The van der Waals surface area contributed by atoms with Crippen molar-refractivity contribution in [3.05, 3.63) is 48.2 Å². The second kappa shape index (κ2) is 7.34. The number of ether oxygens (including phenoxy) is 1. The molecule has 27 heavy (non-hydrogen) atoms. The highest BCUT2D eigenvalue weighted by molar-refractivity contribution is 5.65. The van der Waals surface area contributed by atoms with Crippen molar-refractivity contribution >= 4 is 5.95 Å². The van der Waals surface area contributed by atoms with Crippen LogP contribution in [-0.4, -0.2) is 43.9 Å². The Morgan fingerprint density at radius 3 is 2.59 bits per heavy atom. The van der Waals surface area contributed by atoms with Crippen LogP contribution >= 0.6 is 0 Å². The van der Waals surface area contributed by atoms with E-state index in [-0.39, 0.29) is 6.10 Å². The Morgan fingerprint density at radius 2 is 1.93 bits per heavy atom. The van der Waals surface area contributed by atoms with E-state index >= 15 is 0 Å². The molecule has 0 radical (unpaired) electrons. The predicted octanol–water partition coefficient (Wildman–Crippen LogP) is 2.94. The number of piperidine rings is 1. The van der Waals surface area contributed by atoms with Gasteiger partial charge in [-0.25, -0.2) is 9.97 Å². The standard InChI is InChI=1S/C20H24N6O/c1-14-19(15(2)25(3)24-14)18-6-10-22-20(23-18)26-11-7-16(8-12-26)27-17-5-4-9-21-13-17/h4-6,9-10,13,16H,7-8,11-12H2,1-3H3. The maximum Gasteiger partial charge on any atom is 0.225 e. The Balaban J connectivity index is 1.46. The lowest BCUT2D eigenvalue weighted by molar-refractivity contribution is 0.170. The van der Waals surface area contributed by atoms with Crippen LogP contribution in [0.15, 0.2) is 36.8 Å². The van der Waals surface area contributed by atoms with E-state index in [9.17, 15) is 0 Å². The molecule has 4 rings (SSSR count). The molecule has 0 N–H and O–H groups in total. The van der Waals surface area contributed by atoms with Crippen LogP contribution in [0.2, 0.25) is 0 Å². The minimum Gasteiger partial charge on any atom is -0.489 e. The minimum absolute atomic E-state index is 0.205. The summed E-state index contributed by atoms with van der Waals surface area (Å²) in [5, 5.41) is 4.50. The third-order valence-electron chi connectivity index (χ3n) is 5.07.